The molecule has 0 atom stereocenters. The lowest BCUT2D eigenvalue weighted by atomic mass is 10.2. The summed E-state index contributed by atoms with van der Waals surface area (Å²) in [6.45, 7) is 4.75. The first-order valence-corrected chi connectivity index (χ1v) is 7.90. The number of nitro groups is 1. The van der Waals surface area contributed by atoms with Gasteiger partial charge in [-0.1, -0.05) is 6.07 Å². The third kappa shape index (κ3) is 2.67. The molecule has 118 valence electrons. The van der Waals surface area contributed by atoms with Crippen LogP contribution in [0.2, 0.25) is 0 Å². The number of hydrogen-bond acceptors (Lipinski definition) is 5. The van der Waals surface area contributed by atoms with E-state index >= 15 is 0 Å². The second-order valence-corrected chi connectivity index (χ2v) is 6.56. The van der Waals surface area contributed by atoms with Crippen molar-refractivity contribution < 1.29 is 13.3 Å². The van der Waals surface area contributed by atoms with Crippen LogP contribution in [0.25, 0.3) is 0 Å². The Kier molecular flexibility index (Phi) is 3.92. The van der Waals surface area contributed by atoms with Crippen LogP contribution in [0.1, 0.15) is 17.0 Å². The fraction of sp³-hybridized carbons (Fsp3) is 0.308. The minimum Gasteiger partial charge on any atom is -0.279 e. The van der Waals surface area contributed by atoms with E-state index in [1.807, 2.05) is 0 Å². The Labute approximate surface area is 128 Å². The number of benzene rings is 1. The lowest BCUT2D eigenvalue weighted by molar-refractivity contribution is -0.385. The molecule has 0 aliphatic rings. The van der Waals surface area contributed by atoms with Gasteiger partial charge in [0.05, 0.1) is 27.6 Å². The Bertz CT molecular complexity index is 855. The zero-order chi connectivity index (χ0) is 16.7. The molecule has 0 amide bonds. The third-order valence-corrected chi connectivity index (χ3v) is 5.07. The smallest absolute Gasteiger partial charge is 0.274 e. The molecule has 0 spiro atoms. The molecule has 0 unspecified atom stereocenters. The highest BCUT2D eigenvalue weighted by molar-refractivity contribution is 7.92. The van der Waals surface area contributed by atoms with E-state index in [1.165, 1.54) is 29.8 Å². The van der Waals surface area contributed by atoms with Crippen molar-refractivity contribution in [1.82, 2.24) is 9.78 Å². The van der Waals surface area contributed by atoms with E-state index in [4.69, 9.17) is 0 Å². The van der Waals surface area contributed by atoms with Gasteiger partial charge in [0.1, 0.15) is 4.90 Å². The van der Waals surface area contributed by atoms with Crippen LogP contribution in [0, 0.1) is 30.9 Å². The van der Waals surface area contributed by atoms with Crippen LogP contribution in [-0.4, -0.2) is 23.1 Å². The average Bonchev–Trinajstić information content (AvgIpc) is 2.65. The molecule has 0 aliphatic carbocycles. The minimum atomic E-state index is -3.87. The summed E-state index contributed by atoms with van der Waals surface area (Å²) in [6.07, 6.45) is 0. The summed E-state index contributed by atoms with van der Waals surface area (Å²) < 4.78 is 29.0. The maximum absolute atomic E-state index is 12.6. The first kappa shape index (κ1) is 16.0. The van der Waals surface area contributed by atoms with E-state index in [2.05, 4.69) is 9.82 Å². The number of aromatic nitrogens is 2. The van der Waals surface area contributed by atoms with Gasteiger partial charge >= 0.3 is 0 Å². The van der Waals surface area contributed by atoms with Crippen molar-refractivity contribution in [1.29, 1.82) is 0 Å². The Morgan fingerprint density at radius 2 is 1.91 bits per heavy atom. The summed E-state index contributed by atoms with van der Waals surface area (Å²) in [6, 6.07) is 4.25. The first-order valence-electron chi connectivity index (χ1n) is 6.42. The number of anilines is 1. The summed E-state index contributed by atoms with van der Waals surface area (Å²) >= 11 is 0. The van der Waals surface area contributed by atoms with Gasteiger partial charge in [-0.15, -0.1) is 0 Å². The molecular formula is C13H16N4O4S. The number of rotatable bonds is 4. The Morgan fingerprint density at radius 1 is 1.27 bits per heavy atom. The van der Waals surface area contributed by atoms with E-state index in [0.29, 0.717) is 11.4 Å². The van der Waals surface area contributed by atoms with Crippen LogP contribution in [0.5, 0.6) is 0 Å². The van der Waals surface area contributed by atoms with Crippen LogP contribution >= 0.6 is 0 Å². The molecule has 9 heteroatoms. The van der Waals surface area contributed by atoms with Gasteiger partial charge in [0, 0.05) is 13.1 Å². The van der Waals surface area contributed by atoms with Gasteiger partial charge in [-0.25, -0.2) is 8.42 Å². The van der Waals surface area contributed by atoms with Gasteiger partial charge in [-0.2, -0.15) is 5.10 Å². The standard InChI is InChI=1S/C13H16N4O4S/c1-8-11(6-5-7-12(8)17(18)19)15-22(20,21)13-9(2)14-16(4)10(13)3/h5-7,15H,1-4H3. The van der Waals surface area contributed by atoms with Crippen molar-refractivity contribution in [3.63, 3.8) is 0 Å². The van der Waals surface area contributed by atoms with Gasteiger partial charge in [-0.05, 0) is 26.8 Å². The van der Waals surface area contributed by atoms with E-state index in [-0.39, 0.29) is 21.8 Å². The molecule has 8 nitrogen and oxygen atoms in total. The van der Waals surface area contributed by atoms with Crippen LogP contribution in [0.4, 0.5) is 11.4 Å². The third-order valence-electron chi connectivity index (χ3n) is 3.46. The second-order valence-electron chi connectivity index (χ2n) is 4.94. The number of nitro benzene ring substituents is 1. The van der Waals surface area contributed by atoms with Crippen LogP contribution < -0.4 is 4.72 Å². The molecule has 0 saturated carbocycles. The molecule has 1 aromatic heterocycles. The van der Waals surface area contributed by atoms with Crippen LogP contribution in [0.15, 0.2) is 23.1 Å². The molecule has 0 radical (unpaired) electrons. The van der Waals surface area contributed by atoms with Crippen LogP contribution in [0.3, 0.4) is 0 Å². The minimum absolute atomic E-state index is 0.0842. The molecule has 2 aromatic rings. The van der Waals surface area contributed by atoms with Crippen molar-refractivity contribution in [2.24, 2.45) is 7.05 Å². The zero-order valence-electron chi connectivity index (χ0n) is 12.6. The molecule has 1 heterocycles. The molecule has 0 bridgehead atoms. The lowest BCUT2D eigenvalue weighted by Crippen LogP contribution is -2.16. The molecule has 0 fully saturated rings. The monoisotopic (exact) mass is 324 g/mol. The summed E-state index contributed by atoms with van der Waals surface area (Å²) in [4.78, 5) is 10.5. The average molecular weight is 324 g/mol. The summed E-state index contributed by atoms with van der Waals surface area (Å²) in [7, 11) is -2.22. The molecule has 1 N–H and O–H groups in total. The van der Waals surface area contributed by atoms with Gasteiger partial charge in [-0.3, -0.25) is 19.5 Å². The topological polar surface area (TPSA) is 107 Å². The van der Waals surface area contributed by atoms with Gasteiger partial charge in [0.15, 0.2) is 0 Å². The predicted molar refractivity (Wildman–Crippen MR) is 81.3 cm³/mol. The Balaban J connectivity index is 2.50. The van der Waals surface area contributed by atoms with Crippen molar-refractivity contribution >= 4 is 21.4 Å². The maximum atomic E-state index is 12.6. The number of sulfonamides is 1. The van der Waals surface area contributed by atoms with Crippen molar-refractivity contribution in [3.8, 4) is 0 Å². The van der Waals surface area contributed by atoms with Crippen LogP contribution in [-0.2, 0) is 17.1 Å². The molecule has 2 rings (SSSR count). The van der Waals surface area contributed by atoms with Gasteiger partial charge in [0.25, 0.3) is 15.7 Å². The number of hydrogen-bond donors (Lipinski definition) is 1. The zero-order valence-corrected chi connectivity index (χ0v) is 13.4. The molecule has 1 aromatic carbocycles. The number of nitrogens with zero attached hydrogens (tertiary/aromatic N) is 3. The Morgan fingerprint density at radius 3 is 2.41 bits per heavy atom. The molecule has 0 saturated heterocycles. The molecule has 0 aliphatic heterocycles. The highest BCUT2D eigenvalue weighted by atomic mass is 32.2. The second kappa shape index (κ2) is 5.41. The first-order chi connectivity index (χ1) is 10.1. The van der Waals surface area contributed by atoms with E-state index < -0.39 is 14.9 Å². The number of nitrogens with one attached hydrogen (secondary N) is 1. The lowest BCUT2D eigenvalue weighted by Gasteiger charge is -2.11. The molecular weight excluding hydrogens is 308 g/mol. The predicted octanol–water partition coefficient (Wildman–Crippen LogP) is 2.05. The number of aryl methyl sites for hydroxylation is 2. The van der Waals surface area contributed by atoms with Crippen molar-refractivity contribution in [3.05, 3.63) is 45.3 Å². The van der Waals surface area contributed by atoms with E-state index in [0.717, 1.165) is 0 Å². The highest BCUT2D eigenvalue weighted by Gasteiger charge is 2.25. The van der Waals surface area contributed by atoms with E-state index in [9.17, 15) is 18.5 Å². The normalized spacial score (nSPS) is 11.5. The fourth-order valence-electron chi connectivity index (χ4n) is 2.27. The fourth-order valence-corrected chi connectivity index (χ4v) is 3.83. The summed E-state index contributed by atoms with van der Waals surface area (Å²) in [5.41, 5.74) is 1.16. The van der Waals surface area contributed by atoms with Crippen molar-refractivity contribution in [2.45, 2.75) is 25.7 Å². The largest absolute Gasteiger partial charge is 0.279 e. The molecule has 22 heavy (non-hydrogen) atoms. The quantitative estimate of drug-likeness (QED) is 0.684. The van der Waals surface area contributed by atoms with Gasteiger partial charge < -0.3 is 0 Å². The SMILES string of the molecule is Cc1nn(C)c(C)c1S(=O)(=O)Nc1cccc([N+](=O)[O-])c1C. The summed E-state index contributed by atoms with van der Waals surface area (Å²) in [5.74, 6) is 0. The van der Waals surface area contributed by atoms with Gasteiger partial charge in [0.2, 0.25) is 0 Å². The van der Waals surface area contributed by atoms with Crippen molar-refractivity contribution in [2.75, 3.05) is 4.72 Å². The highest BCUT2D eigenvalue weighted by Crippen LogP contribution is 2.28. The summed E-state index contributed by atoms with van der Waals surface area (Å²) in [5, 5.41) is 15.0. The maximum Gasteiger partial charge on any atom is 0.274 e. The Hall–Kier alpha value is -2.42. The van der Waals surface area contributed by atoms with E-state index in [1.54, 1.807) is 20.9 Å².